The van der Waals surface area contributed by atoms with Crippen molar-refractivity contribution >= 4 is 0 Å². The third-order valence-corrected chi connectivity index (χ3v) is 2.65. The molecule has 2 heterocycles. The van der Waals surface area contributed by atoms with Crippen LogP contribution < -0.4 is 5.32 Å². The Morgan fingerprint density at radius 3 is 2.88 bits per heavy atom. The summed E-state index contributed by atoms with van der Waals surface area (Å²) in [5.41, 5.74) is 2.21. The van der Waals surface area contributed by atoms with Gasteiger partial charge in [-0.2, -0.15) is 5.10 Å². The molecule has 0 aromatic carbocycles. The lowest BCUT2D eigenvalue weighted by Crippen LogP contribution is -2.22. The molecular weight excluding hydrogens is 214 g/mol. The molecule has 17 heavy (non-hydrogen) atoms. The van der Waals surface area contributed by atoms with Crippen molar-refractivity contribution in [2.75, 3.05) is 6.54 Å². The lowest BCUT2D eigenvalue weighted by Gasteiger charge is -2.11. The van der Waals surface area contributed by atoms with Crippen LogP contribution in [0.15, 0.2) is 31.0 Å². The summed E-state index contributed by atoms with van der Waals surface area (Å²) in [7, 11) is 1.93. The number of rotatable bonds is 5. The molecule has 0 amide bonds. The SMILES string of the molecule is CC(NCCc1cnn(C)c1)c1cnccn1. The fraction of sp³-hybridized carbons (Fsp3) is 0.417. The van der Waals surface area contributed by atoms with Crippen LogP contribution in [0.3, 0.4) is 0 Å². The molecule has 0 radical (unpaired) electrons. The van der Waals surface area contributed by atoms with Crippen molar-refractivity contribution in [3.63, 3.8) is 0 Å². The van der Waals surface area contributed by atoms with E-state index in [1.165, 1.54) is 5.56 Å². The summed E-state index contributed by atoms with van der Waals surface area (Å²) in [6.45, 7) is 3.00. The van der Waals surface area contributed by atoms with E-state index < -0.39 is 0 Å². The first-order valence-electron chi connectivity index (χ1n) is 5.72. The van der Waals surface area contributed by atoms with Crippen LogP contribution in [-0.4, -0.2) is 26.3 Å². The van der Waals surface area contributed by atoms with E-state index in [-0.39, 0.29) is 6.04 Å². The predicted octanol–water partition coefficient (Wildman–Crippen LogP) is 1.10. The first kappa shape index (κ1) is 11.7. The topological polar surface area (TPSA) is 55.6 Å². The van der Waals surface area contributed by atoms with Crippen LogP contribution in [0.4, 0.5) is 0 Å². The van der Waals surface area contributed by atoms with Gasteiger partial charge in [0.25, 0.3) is 0 Å². The van der Waals surface area contributed by atoms with Crippen molar-refractivity contribution in [2.24, 2.45) is 7.05 Å². The van der Waals surface area contributed by atoms with Crippen molar-refractivity contribution in [3.8, 4) is 0 Å². The van der Waals surface area contributed by atoms with Gasteiger partial charge in [0.1, 0.15) is 0 Å². The van der Waals surface area contributed by atoms with E-state index in [2.05, 4.69) is 27.3 Å². The lowest BCUT2D eigenvalue weighted by atomic mass is 10.2. The van der Waals surface area contributed by atoms with Crippen LogP contribution >= 0.6 is 0 Å². The minimum atomic E-state index is 0.223. The highest BCUT2D eigenvalue weighted by atomic mass is 15.2. The van der Waals surface area contributed by atoms with Gasteiger partial charge in [-0.3, -0.25) is 14.6 Å². The molecular formula is C12H17N5. The maximum atomic E-state index is 4.27. The molecule has 0 spiro atoms. The Kier molecular flexibility index (Phi) is 3.82. The zero-order valence-corrected chi connectivity index (χ0v) is 10.2. The van der Waals surface area contributed by atoms with E-state index in [1.54, 1.807) is 18.6 Å². The molecule has 0 aliphatic heterocycles. The molecule has 0 saturated carbocycles. The van der Waals surface area contributed by atoms with Crippen molar-refractivity contribution in [1.29, 1.82) is 0 Å². The molecule has 2 rings (SSSR count). The molecule has 0 bridgehead atoms. The van der Waals surface area contributed by atoms with Gasteiger partial charge in [0, 0.05) is 37.9 Å². The normalized spacial score (nSPS) is 12.6. The predicted molar refractivity (Wildman–Crippen MR) is 65.4 cm³/mol. The van der Waals surface area contributed by atoms with E-state index in [0.29, 0.717) is 0 Å². The molecule has 0 aliphatic rings. The van der Waals surface area contributed by atoms with Crippen LogP contribution in [0.25, 0.3) is 0 Å². The average Bonchev–Trinajstić information content (AvgIpc) is 2.76. The molecule has 5 nitrogen and oxygen atoms in total. The van der Waals surface area contributed by atoms with Crippen LogP contribution in [0, 0.1) is 0 Å². The number of aryl methyl sites for hydroxylation is 1. The summed E-state index contributed by atoms with van der Waals surface area (Å²) < 4.78 is 1.82. The minimum absolute atomic E-state index is 0.223. The van der Waals surface area contributed by atoms with Crippen LogP contribution in [0.2, 0.25) is 0 Å². The van der Waals surface area contributed by atoms with Gasteiger partial charge in [-0.05, 0) is 25.5 Å². The molecule has 0 saturated heterocycles. The smallest absolute Gasteiger partial charge is 0.0753 e. The molecule has 1 unspecified atom stereocenters. The Hall–Kier alpha value is -1.75. The maximum Gasteiger partial charge on any atom is 0.0753 e. The van der Waals surface area contributed by atoms with E-state index >= 15 is 0 Å². The summed E-state index contributed by atoms with van der Waals surface area (Å²) in [5.74, 6) is 0. The number of hydrogen-bond donors (Lipinski definition) is 1. The summed E-state index contributed by atoms with van der Waals surface area (Å²) in [6, 6.07) is 0.223. The molecule has 2 aromatic rings. The van der Waals surface area contributed by atoms with E-state index in [0.717, 1.165) is 18.7 Å². The minimum Gasteiger partial charge on any atom is -0.308 e. The Morgan fingerprint density at radius 1 is 1.35 bits per heavy atom. The standard InChI is InChI=1S/C12H17N5/c1-10(12-8-13-5-6-15-12)14-4-3-11-7-16-17(2)9-11/h5-10,14H,3-4H2,1-2H3. The van der Waals surface area contributed by atoms with Gasteiger partial charge in [0.2, 0.25) is 0 Å². The summed E-state index contributed by atoms with van der Waals surface area (Å²) in [6.07, 6.45) is 10.1. The first-order chi connectivity index (χ1) is 8.25. The van der Waals surface area contributed by atoms with Gasteiger partial charge in [0.05, 0.1) is 11.9 Å². The molecule has 0 aliphatic carbocycles. The third kappa shape index (κ3) is 3.35. The van der Waals surface area contributed by atoms with Gasteiger partial charge in [0.15, 0.2) is 0 Å². The third-order valence-electron chi connectivity index (χ3n) is 2.65. The second-order valence-electron chi connectivity index (χ2n) is 4.08. The molecule has 1 N–H and O–H groups in total. The number of aromatic nitrogens is 4. The highest BCUT2D eigenvalue weighted by Gasteiger charge is 2.05. The highest BCUT2D eigenvalue weighted by molar-refractivity contribution is 5.05. The summed E-state index contributed by atoms with van der Waals surface area (Å²) >= 11 is 0. The Labute approximate surface area is 101 Å². The lowest BCUT2D eigenvalue weighted by molar-refractivity contribution is 0.562. The van der Waals surface area contributed by atoms with E-state index in [9.17, 15) is 0 Å². The van der Waals surface area contributed by atoms with Crippen molar-refractivity contribution < 1.29 is 0 Å². The quantitative estimate of drug-likeness (QED) is 0.837. The van der Waals surface area contributed by atoms with Crippen molar-refractivity contribution in [2.45, 2.75) is 19.4 Å². The maximum absolute atomic E-state index is 4.27. The number of nitrogens with zero attached hydrogens (tertiary/aromatic N) is 4. The van der Waals surface area contributed by atoms with Gasteiger partial charge in [-0.15, -0.1) is 0 Å². The van der Waals surface area contributed by atoms with Crippen molar-refractivity contribution in [3.05, 3.63) is 42.2 Å². The monoisotopic (exact) mass is 231 g/mol. The Morgan fingerprint density at radius 2 is 2.24 bits per heavy atom. The molecule has 5 heteroatoms. The molecule has 0 fully saturated rings. The fourth-order valence-corrected chi connectivity index (χ4v) is 1.67. The Balaban J connectivity index is 1.79. The second kappa shape index (κ2) is 5.54. The zero-order chi connectivity index (χ0) is 12.1. The Bertz CT molecular complexity index is 451. The van der Waals surface area contributed by atoms with E-state index in [1.807, 2.05) is 24.1 Å². The summed E-state index contributed by atoms with van der Waals surface area (Å²) in [4.78, 5) is 8.33. The number of nitrogens with one attached hydrogen (secondary N) is 1. The largest absolute Gasteiger partial charge is 0.308 e. The average molecular weight is 231 g/mol. The summed E-state index contributed by atoms with van der Waals surface area (Å²) in [5, 5.41) is 7.56. The highest BCUT2D eigenvalue weighted by Crippen LogP contribution is 2.06. The fourth-order valence-electron chi connectivity index (χ4n) is 1.67. The van der Waals surface area contributed by atoms with E-state index in [4.69, 9.17) is 0 Å². The van der Waals surface area contributed by atoms with Crippen LogP contribution in [-0.2, 0) is 13.5 Å². The zero-order valence-electron chi connectivity index (χ0n) is 10.2. The van der Waals surface area contributed by atoms with Gasteiger partial charge in [-0.25, -0.2) is 0 Å². The second-order valence-corrected chi connectivity index (χ2v) is 4.08. The first-order valence-corrected chi connectivity index (χ1v) is 5.72. The van der Waals surface area contributed by atoms with Crippen LogP contribution in [0.1, 0.15) is 24.2 Å². The van der Waals surface area contributed by atoms with Gasteiger partial charge < -0.3 is 5.32 Å². The van der Waals surface area contributed by atoms with Gasteiger partial charge in [-0.1, -0.05) is 0 Å². The van der Waals surface area contributed by atoms with Crippen LogP contribution in [0.5, 0.6) is 0 Å². The van der Waals surface area contributed by atoms with Crippen molar-refractivity contribution in [1.82, 2.24) is 25.1 Å². The molecule has 1 atom stereocenters. The number of hydrogen-bond acceptors (Lipinski definition) is 4. The molecule has 2 aromatic heterocycles. The van der Waals surface area contributed by atoms with Gasteiger partial charge >= 0.3 is 0 Å². The molecule has 90 valence electrons.